The van der Waals surface area contributed by atoms with E-state index in [4.69, 9.17) is 0 Å². The maximum absolute atomic E-state index is 11.8. The molecule has 0 atom stereocenters. The smallest absolute Gasteiger partial charge is 0.251 e. The Hall–Kier alpha value is -2.35. The molecule has 2 aromatic carbocycles. The summed E-state index contributed by atoms with van der Waals surface area (Å²) in [4.78, 5) is 11.8. The van der Waals surface area contributed by atoms with Crippen molar-refractivity contribution in [1.82, 2.24) is 5.32 Å². The normalized spacial score (nSPS) is 9.89. The number of carbonyl (C=O) groups excluding carboxylic acids is 1. The first-order valence-electron chi connectivity index (χ1n) is 6.34. The molecule has 0 radical (unpaired) electrons. The van der Waals surface area contributed by atoms with E-state index in [1.165, 1.54) is 0 Å². The predicted molar refractivity (Wildman–Crippen MR) is 78.9 cm³/mol. The third-order valence-electron chi connectivity index (χ3n) is 2.93. The molecule has 96 valence electrons. The van der Waals surface area contributed by atoms with Gasteiger partial charge in [0, 0.05) is 12.1 Å². The van der Waals surface area contributed by atoms with Crippen molar-refractivity contribution in [3.63, 3.8) is 0 Å². The maximum Gasteiger partial charge on any atom is 0.251 e. The summed E-state index contributed by atoms with van der Waals surface area (Å²) >= 11 is 0. The van der Waals surface area contributed by atoms with Gasteiger partial charge in [0.2, 0.25) is 0 Å². The van der Waals surface area contributed by atoms with E-state index < -0.39 is 0 Å². The van der Waals surface area contributed by atoms with Crippen LogP contribution in [0.4, 0.5) is 0 Å². The third-order valence-corrected chi connectivity index (χ3v) is 2.93. The Morgan fingerprint density at radius 2 is 1.42 bits per heavy atom. The van der Waals surface area contributed by atoms with Crippen LogP contribution in [0.2, 0.25) is 0 Å². The first-order valence-corrected chi connectivity index (χ1v) is 6.34. The monoisotopic (exact) mass is 251 g/mol. The third kappa shape index (κ3) is 3.81. The quantitative estimate of drug-likeness (QED) is 0.865. The zero-order valence-corrected chi connectivity index (χ0v) is 10.8. The van der Waals surface area contributed by atoms with E-state index in [-0.39, 0.29) is 5.91 Å². The minimum absolute atomic E-state index is 0.0403. The molecule has 1 N–H and O–H groups in total. The van der Waals surface area contributed by atoms with Gasteiger partial charge in [-0.25, -0.2) is 0 Å². The van der Waals surface area contributed by atoms with Gasteiger partial charge in [0.1, 0.15) is 0 Å². The van der Waals surface area contributed by atoms with Crippen molar-refractivity contribution in [2.45, 2.75) is 6.42 Å². The van der Waals surface area contributed by atoms with Gasteiger partial charge in [-0.05, 0) is 29.7 Å². The molecule has 2 heteroatoms. The van der Waals surface area contributed by atoms with Gasteiger partial charge in [-0.1, -0.05) is 55.1 Å². The highest BCUT2D eigenvalue weighted by molar-refractivity contribution is 5.94. The summed E-state index contributed by atoms with van der Waals surface area (Å²) in [6.45, 7) is 4.64. The maximum atomic E-state index is 11.8. The lowest BCUT2D eigenvalue weighted by Gasteiger charge is -2.07. The molecule has 0 bridgehead atoms. The molecule has 0 aliphatic rings. The Bertz CT molecular complexity index is 494. The molecule has 2 aromatic rings. The van der Waals surface area contributed by atoms with Crippen LogP contribution in [0.1, 0.15) is 22.3 Å². The van der Waals surface area contributed by atoms with Gasteiger partial charge >= 0.3 is 0 Å². The summed E-state index contributed by atoms with van der Waals surface area (Å²) in [5.74, 6) is -0.0403. The lowest BCUT2D eigenvalue weighted by atomic mass is 10.0. The van der Waals surface area contributed by atoms with Crippen LogP contribution in [0.5, 0.6) is 0 Å². The molecule has 19 heavy (non-hydrogen) atoms. The Morgan fingerprint density at radius 3 is 2.00 bits per heavy atom. The van der Waals surface area contributed by atoms with Gasteiger partial charge < -0.3 is 5.32 Å². The lowest BCUT2D eigenvalue weighted by Crippen LogP contribution is -2.24. The van der Waals surface area contributed by atoms with Crippen LogP contribution in [0, 0.1) is 0 Å². The van der Waals surface area contributed by atoms with Crippen LogP contribution in [-0.4, -0.2) is 12.5 Å². The molecule has 1 amide bonds. The van der Waals surface area contributed by atoms with Gasteiger partial charge in [-0.15, -0.1) is 0 Å². The van der Waals surface area contributed by atoms with Gasteiger partial charge in [0.15, 0.2) is 0 Å². The Labute approximate surface area is 113 Å². The molecule has 0 saturated carbocycles. The van der Waals surface area contributed by atoms with Crippen molar-refractivity contribution in [2.24, 2.45) is 0 Å². The Balaban J connectivity index is 1.81. The summed E-state index contributed by atoms with van der Waals surface area (Å²) in [5, 5.41) is 2.90. The van der Waals surface area contributed by atoms with Crippen molar-refractivity contribution in [3.8, 4) is 0 Å². The average Bonchev–Trinajstić information content (AvgIpc) is 2.49. The summed E-state index contributed by atoms with van der Waals surface area (Å²) < 4.78 is 0. The summed E-state index contributed by atoms with van der Waals surface area (Å²) in [6.07, 6.45) is 0.753. The molecule has 2 rings (SSSR count). The van der Waals surface area contributed by atoms with Crippen LogP contribution in [0.25, 0.3) is 5.57 Å². The molecule has 0 fully saturated rings. The van der Waals surface area contributed by atoms with E-state index in [9.17, 15) is 4.79 Å². The zero-order valence-electron chi connectivity index (χ0n) is 10.8. The van der Waals surface area contributed by atoms with Gasteiger partial charge in [0.05, 0.1) is 0 Å². The second kappa shape index (κ2) is 6.55. The van der Waals surface area contributed by atoms with Crippen molar-refractivity contribution in [1.29, 1.82) is 0 Å². The highest BCUT2D eigenvalue weighted by Gasteiger charge is 2.04. The molecule has 0 heterocycles. The molecule has 2 nitrogen and oxygen atoms in total. The minimum Gasteiger partial charge on any atom is -0.352 e. The van der Waals surface area contributed by atoms with Gasteiger partial charge in [-0.2, -0.15) is 0 Å². The van der Waals surface area contributed by atoms with E-state index in [2.05, 4.69) is 11.9 Å². The number of hydrogen-bond acceptors (Lipinski definition) is 1. The molecule has 0 aliphatic heterocycles. The van der Waals surface area contributed by atoms with Gasteiger partial charge in [-0.3, -0.25) is 4.79 Å². The highest BCUT2D eigenvalue weighted by Crippen LogP contribution is 2.14. The van der Waals surface area contributed by atoms with Gasteiger partial charge in [0.25, 0.3) is 5.91 Å². The van der Waals surface area contributed by atoms with Crippen molar-refractivity contribution in [3.05, 3.63) is 78.4 Å². The SMILES string of the molecule is C=C(CCNC(=O)c1ccccc1)c1ccccc1. The van der Waals surface area contributed by atoms with E-state index in [1.807, 2.05) is 48.5 Å². The number of hydrogen-bond donors (Lipinski definition) is 1. The standard InChI is InChI=1S/C17H17NO/c1-14(15-8-4-2-5-9-15)12-13-18-17(19)16-10-6-3-7-11-16/h2-11H,1,12-13H2,(H,18,19). The zero-order chi connectivity index (χ0) is 13.5. The molecular formula is C17H17NO. The number of benzene rings is 2. The van der Waals surface area contributed by atoms with Crippen molar-refractivity contribution >= 4 is 11.5 Å². The summed E-state index contributed by atoms with van der Waals surface area (Å²) in [7, 11) is 0. The van der Waals surface area contributed by atoms with E-state index in [0.717, 1.165) is 17.6 Å². The Morgan fingerprint density at radius 1 is 0.895 bits per heavy atom. The summed E-state index contributed by atoms with van der Waals surface area (Å²) in [5.41, 5.74) is 2.85. The number of rotatable bonds is 5. The molecular weight excluding hydrogens is 234 g/mol. The molecule has 0 aromatic heterocycles. The highest BCUT2D eigenvalue weighted by atomic mass is 16.1. The van der Waals surface area contributed by atoms with E-state index in [1.54, 1.807) is 12.1 Å². The molecule has 0 spiro atoms. The van der Waals surface area contributed by atoms with Crippen molar-refractivity contribution < 1.29 is 4.79 Å². The predicted octanol–water partition coefficient (Wildman–Crippen LogP) is 3.52. The number of carbonyl (C=O) groups is 1. The first-order chi connectivity index (χ1) is 9.27. The van der Waals surface area contributed by atoms with Crippen LogP contribution in [0.3, 0.4) is 0 Å². The molecule has 0 saturated heterocycles. The Kier molecular flexibility index (Phi) is 4.51. The van der Waals surface area contributed by atoms with E-state index >= 15 is 0 Å². The van der Waals surface area contributed by atoms with Crippen LogP contribution in [0.15, 0.2) is 67.2 Å². The molecule has 0 unspecified atom stereocenters. The lowest BCUT2D eigenvalue weighted by molar-refractivity contribution is 0.0954. The fraction of sp³-hybridized carbons (Fsp3) is 0.118. The first kappa shape index (κ1) is 13.1. The number of nitrogens with one attached hydrogen (secondary N) is 1. The minimum atomic E-state index is -0.0403. The fourth-order valence-electron chi connectivity index (χ4n) is 1.84. The largest absolute Gasteiger partial charge is 0.352 e. The van der Waals surface area contributed by atoms with Crippen molar-refractivity contribution in [2.75, 3.05) is 6.54 Å². The molecule has 0 aliphatic carbocycles. The van der Waals surface area contributed by atoms with Crippen LogP contribution < -0.4 is 5.32 Å². The fourth-order valence-corrected chi connectivity index (χ4v) is 1.84. The topological polar surface area (TPSA) is 29.1 Å². The van der Waals surface area contributed by atoms with E-state index in [0.29, 0.717) is 12.1 Å². The second-order valence-electron chi connectivity index (χ2n) is 4.34. The summed E-state index contributed by atoms with van der Waals surface area (Å²) in [6, 6.07) is 19.2. The second-order valence-corrected chi connectivity index (χ2v) is 4.34. The average molecular weight is 251 g/mol. The number of amides is 1. The van der Waals surface area contributed by atoms with Crippen LogP contribution in [-0.2, 0) is 0 Å². The van der Waals surface area contributed by atoms with Crippen LogP contribution >= 0.6 is 0 Å².